The number of aromatic nitrogens is 1. The summed E-state index contributed by atoms with van der Waals surface area (Å²) in [7, 11) is 1.56. The van der Waals surface area contributed by atoms with Gasteiger partial charge in [-0.05, 0) is 35.9 Å². The summed E-state index contributed by atoms with van der Waals surface area (Å²) in [6, 6.07) is 14.5. The van der Waals surface area contributed by atoms with E-state index >= 15 is 0 Å². The summed E-state index contributed by atoms with van der Waals surface area (Å²) in [5.74, 6) is 2.34. The number of carbonyl (C=O) groups is 2. The third-order valence-electron chi connectivity index (χ3n) is 5.64. The molecule has 0 saturated heterocycles. The minimum atomic E-state index is -0.217. The number of nitrogens with zero attached hydrogens (tertiary/aromatic N) is 2. The molecule has 0 spiro atoms. The normalized spacial score (nSPS) is 13.3. The van der Waals surface area contributed by atoms with Crippen LogP contribution < -0.4 is 29.2 Å². The average Bonchev–Trinajstić information content (AvgIpc) is 3.26. The maximum absolute atomic E-state index is 13.2. The van der Waals surface area contributed by atoms with Crippen molar-refractivity contribution in [3.05, 3.63) is 65.9 Å². The van der Waals surface area contributed by atoms with Crippen molar-refractivity contribution < 1.29 is 28.5 Å². The molecule has 0 unspecified atom stereocenters. The Hall–Kier alpha value is -4.27. The highest BCUT2D eigenvalue weighted by Crippen LogP contribution is 2.42. The van der Waals surface area contributed by atoms with Crippen LogP contribution in [-0.2, 0) is 22.7 Å². The van der Waals surface area contributed by atoms with Crippen LogP contribution in [0.15, 0.2) is 54.7 Å². The second kappa shape index (κ2) is 9.30. The van der Waals surface area contributed by atoms with Crippen LogP contribution in [-0.4, -0.2) is 30.7 Å². The van der Waals surface area contributed by atoms with E-state index in [2.05, 4.69) is 10.3 Å². The van der Waals surface area contributed by atoms with Crippen LogP contribution in [0.5, 0.6) is 28.9 Å². The van der Waals surface area contributed by atoms with Gasteiger partial charge in [0, 0.05) is 31.1 Å². The highest BCUT2D eigenvalue weighted by Gasteiger charge is 2.28. The van der Waals surface area contributed by atoms with E-state index in [0.29, 0.717) is 41.1 Å². The molecule has 2 aliphatic heterocycles. The van der Waals surface area contributed by atoms with Gasteiger partial charge in [-0.1, -0.05) is 18.2 Å². The summed E-state index contributed by atoms with van der Waals surface area (Å²) in [4.78, 5) is 31.5. The fourth-order valence-electron chi connectivity index (χ4n) is 3.90. The lowest BCUT2D eigenvalue weighted by atomic mass is 10.1. The Balaban J connectivity index is 1.25. The summed E-state index contributed by atoms with van der Waals surface area (Å²) in [6.07, 6.45) is 1.70. The van der Waals surface area contributed by atoms with Gasteiger partial charge in [0.25, 0.3) is 0 Å². The summed E-state index contributed by atoms with van der Waals surface area (Å²) >= 11 is 0. The van der Waals surface area contributed by atoms with E-state index in [-0.39, 0.29) is 38.0 Å². The number of hydrogen-bond donors (Lipinski definition) is 1. The fraction of sp³-hybridized carbons (Fsp3) is 0.240. The van der Waals surface area contributed by atoms with E-state index in [9.17, 15) is 9.59 Å². The SMILES string of the molecule is COc1cccc2c1Oc1ncccc1N(C(=O)CCC(=O)NCc1ccc3c(c1)OCO3)C2. The molecule has 3 heterocycles. The molecule has 0 fully saturated rings. The molecule has 0 aliphatic carbocycles. The third kappa shape index (κ3) is 4.32. The summed E-state index contributed by atoms with van der Waals surface area (Å²) < 4.78 is 22.1. The first-order valence-electron chi connectivity index (χ1n) is 10.9. The number of para-hydroxylation sites is 1. The third-order valence-corrected chi connectivity index (χ3v) is 5.64. The average molecular weight is 461 g/mol. The van der Waals surface area contributed by atoms with Crippen molar-refractivity contribution >= 4 is 17.5 Å². The molecule has 0 radical (unpaired) electrons. The van der Waals surface area contributed by atoms with Crippen molar-refractivity contribution in [2.75, 3.05) is 18.8 Å². The van der Waals surface area contributed by atoms with Crippen LogP contribution in [0.25, 0.3) is 0 Å². The number of benzene rings is 2. The largest absolute Gasteiger partial charge is 0.493 e. The molecule has 2 aliphatic rings. The lowest BCUT2D eigenvalue weighted by molar-refractivity contribution is -0.125. The molecule has 34 heavy (non-hydrogen) atoms. The van der Waals surface area contributed by atoms with Gasteiger partial charge in [0.1, 0.15) is 5.69 Å². The molecule has 0 bridgehead atoms. The van der Waals surface area contributed by atoms with Gasteiger partial charge < -0.3 is 29.2 Å². The number of pyridine rings is 1. The van der Waals surface area contributed by atoms with Crippen LogP contribution in [0.4, 0.5) is 5.69 Å². The molecule has 1 N–H and O–H groups in total. The molecule has 0 saturated carbocycles. The zero-order valence-electron chi connectivity index (χ0n) is 18.6. The Labute approximate surface area is 196 Å². The number of rotatable bonds is 6. The number of nitrogens with one attached hydrogen (secondary N) is 1. The maximum atomic E-state index is 13.2. The molecule has 3 aromatic rings. The number of anilines is 1. The minimum absolute atomic E-state index is 0.0423. The van der Waals surface area contributed by atoms with Crippen molar-refractivity contribution in [2.45, 2.75) is 25.9 Å². The Kier molecular flexibility index (Phi) is 5.90. The van der Waals surface area contributed by atoms with E-state index in [0.717, 1.165) is 11.1 Å². The summed E-state index contributed by atoms with van der Waals surface area (Å²) in [5.41, 5.74) is 2.23. The Bertz CT molecular complexity index is 1250. The van der Waals surface area contributed by atoms with E-state index in [1.807, 2.05) is 30.3 Å². The second-order valence-electron chi connectivity index (χ2n) is 7.82. The van der Waals surface area contributed by atoms with Crippen LogP contribution in [0, 0.1) is 0 Å². The zero-order chi connectivity index (χ0) is 23.5. The van der Waals surface area contributed by atoms with Crippen LogP contribution in [0.1, 0.15) is 24.0 Å². The molecule has 9 nitrogen and oxygen atoms in total. The quantitative estimate of drug-likeness (QED) is 0.599. The number of ether oxygens (including phenoxy) is 4. The van der Waals surface area contributed by atoms with Gasteiger partial charge in [0.15, 0.2) is 23.0 Å². The van der Waals surface area contributed by atoms with Crippen LogP contribution in [0.2, 0.25) is 0 Å². The molecule has 174 valence electrons. The first-order valence-corrected chi connectivity index (χ1v) is 10.9. The van der Waals surface area contributed by atoms with Crippen LogP contribution in [0.3, 0.4) is 0 Å². The fourth-order valence-corrected chi connectivity index (χ4v) is 3.90. The van der Waals surface area contributed by atoms with Gasteiger partial charge in [-0.3, -0.25) is 9.59 Å². The van der Waals surface area contributed by atoms with Crippen molar-refractivity contribution in [2.24, 2.45) is 0 Å². The lowest BCUT2D eigenvalue weighted by Crippen LogP contribution is -2.31. The van der Waals surface area contributed by atoms with Gasteiger partial charge in [0.2, 0.25) is 24.5 Å². The molecular weight excluding hydrogens is 438 g/mol. The zero-order valence-corrected chi connectivity index (χ0v) is 18.6. The molecule has 5 rings (SSSR count). The molecule has 2 amide bonds. The number of amides is 2. The topological polar surface area (TPSA) is 99.2 Å². The van der Waals surface area contributed by atoms with Crippen molar-refractivity contribution in [3.8, 4) is 28.9 Å². The van der Waals surface area contributed by atoms with E-state index < -0.39 is 0 Å². The van der Waals surface area contributed by atoms with Gasteiger partial charge in [0.05, 0.1) is 13.7 Å². The Morgan fingerprint density at radius 1 is 1.09 bits per heavy atom. The molecule has 0 atom stereocenters. The minimum Gasteiger partial charge on any atom is -0.493 e. The van der Waals surface area contributed by atoms with Crippen molar-refractivity contribution in [1.29, 1.82) is 0 Å². The Morgan fingerprint density at radius 2 is 1.97 bits per heavy atom. The molecule has 1 aromatic heterocycles. The first-order chi connectivity index (χ1) is 16.6. The smallest absolute Gasteiger partial charge is 0.243 e. The van der Waals surface area contributed by atoms with Crippen molar-refractivity contribution in [1.82, 2.24) is 10.3 Å². The highest BCUT2D eigenvalue weighted by molar-refractivity contribution is 5.96. The van der Waals surface area contributed by atoms with Crippen molar-refractivity contribution in [3.63, 3.8) is 0 Å². The second-order valence-corrected chi connectivity index (χ2v) is 7.82. The summed E-state index contributed by atoms with van der Waals surface area (Å²) in [6.45, 7) is 0.814. The van der Waals surface area contributed by atoms with Crippen LogP contribution >= 0.6 is 0 Å². The lowest BCUT2D eigenvalue weighted by Gasteiger charge is -2.21. The summed E-state index contributed by atoms with van der Waals surface area (Å²) in [5, 5.41) is 2.85. The predicted molar refractivity (Wildman–Crippen MR) is 122 cm³/mol. The van der Waals surface area contributed by atoms with Gasteiger partial charge in [-0.2, -0.15) is 0 Å². The van der Waals surface area contributed by atoms with Gasteiger partial charge in [-0.15, -0.1) is 0 Å². The predicted octanol–water partition coefficient (Wildman–Crippen LogP) is 3.55. The molecule has 9 heteroatoms. The maximum Gasteiger partial charge on any atom is 0.243 e. The highest BCUT2D eigenvalue weighted by atomic mass is 16.7. The van der Waals surface area contributed by atoms with E-state index in [4.69, 9.17) is 18.9 Å². The van der Waals surface area contributed by atoms with E-state index in [1.165, 1.54) is 0 Å². The van der Waals surface area contributed by atoms with E-state index in [1.54, 1.807) is 36.4 Å². The number of methoxy groups -OCH3 is 1. The number of hydrogen-bond acceptors (Lipinski definition) is 7. The number of carbonyl (C=O) groups excluding carboxylic acids is 2. The molecular formula is C25H23N3O6. The van der Waals surface area contributed by atoms with Gasteiger partial charge >= 0.3 is 0 Å². The number of fused-ring (bicyclic) bond motifs is 3. The van der Waals surface area contributed by atoms with Gasteiger partial charge in [-0.25, -0.2) is 4.98 Å². The standard InChI is InChI=1S/C25H23N3O6/c1-31-20-6-2-4-17-14-28(18-5-3-11-26-25(18)34-24(17)20)23(30)10-9-22(29)27-13-16-7-8-19-21(12-16)33-15-32-19/h2-8,11-12H,9-10,13-15H2,1H3,(H,27,29). The Morgan fingerprint density at radius 3 is 2.85 bits per heavy atom. The molecule has 2 aromatic carbocycles. The first kappa shape index (κ1) is 21.6. The monoisotopic (exact) mass is 461 g/mol.